The Kier molecular flexibility index (Phi) is 0.994. The first-order chi connectivity index (χ1) is 3.30. The summed E-state index contributed by atoms with van der Waals surface area (Å²) in [5.41, 5.74) is 0. The van der Waals surface area contributed by atoms with Gasteiger partial charge in [-0.25, -0.2) is 10.9 Å². The standard InChI is InChI=1S/C2H4N4S/c3-6-1-4-5-2(6)7/h1,3H2/p+1. The molecule has 0 aromatic carbocycles. The van der Waals surface area contributed by atoms with E-state index in [9.17, 15) is 0 Å². The van der Waals surface area contributed by atoms with Crippen LogP contribution in [0.2, 0.25) is 0 Å². The number of nitrogens with two attached hydrogens (primary N) is 1. The van der Waals surface area contributed by atoms with E-state index in [0.717, 1.165) is 0 Å². The Bertz CT molecular complexity index is 119. The summed E-state index contributed by atoms with van der Waals surface area (Å²) in [7, 11) is 0. The van der Waals surface area contributed by atoms with Crippen LogP contribution in [0.1, 0.15) is 0 Å². The molecule has 0 amide bonds. The third-order valence-corrected chi connectivity index (χ3v) is 0.987. The molecule has 0 fully saturated rings. The molecule has 0 aliphatic carbocycles. The van der Waals surface area contributed by atoms with E-state index in [4.69, 9.17) is 5.84 Å². The van der Waals surface area contributed by atoms with Crippen LogP contribution in [-0.2, 0) is 0 Å². The normalized spacial score (nSPS) is 19.0. The second kappa shape index (κ2) is 1.51. The number of nitrogens with zero attached hydrogens (tertiary/aromatic N) is 2. The molecule has 0 bridgehead atoms. The molecule has 1 rings (SSSR count). The molecule has 0 unspecified atom stereocenters. The van der Waals surface area contributed by atoms with E-state index >= 15 is 0 Å². The Morgan fingerprint density at radius 3 is 2.86 bits per heavy atom. The van der Waals surface area contributed by atoms with Gasteiger partial charge in [-0.2, -0.15) is 0 Å². The minimum atomic E-state index is 0.417. The highest BCUT2D eigenvalue weighted by atomic mass is 32.1. The van der Waals surface area contributed by atoms with E-state index in [-0.39, 0.29) is 0 Å². The largest absolute Gasteiger partial charge is 0.280 e. The van der Waals surface area contributed by atoms with E-state index in [2.05, 4.69) is 22.4 Å². The molecule has 7 heavy (non-hydrogen) atoms. The lowest BCUT2D eigenvalue weighted by atomic mass is 11.0. The van der Waals surface area contributed by atoms with Crippen molar-refractivity contribution in [2.75, 3.05) is 6.67 Å². The third kappa shape index (κ3) is 0.726. The minimum Gasteiger partial charge on any atom is -0.240 e. The van der Waals surface area contributed by atoms with Crippen LogP contribution in [0.25, 0.3) is 0 Å². The predicted octanol–water partition coefficient (Wildman–Crippen LogP) is -2.05. The molecule has 0 aromatic heterocycles. The number of nitrogens with one attached hydrogen (secondary N) is 1. The lowest BCUT2D eigenvalue weighted by Crippen LogP contribution is -2.66. The van der Waals surface area contributed by atoms with Crippen LogP contribution in [0.5, 0.6) is 0 Å². The molecule has 0 radical (unpaired) electrons. The monoisotopic (exact) mass is 117 g/mol. The molecule has 0 spiro atoms. The number of thiocarbonyl (C=S) groups is 1. The zero-order valence-corrected chi connectivity index (χ0v) is 4.40. The first-order valence-corrected chi connectivity index (χ1v) is 2.21. The Hall–Kier alpha value is -0.550. The van der Waals surface area contributed by atoms with Crippen LogP contribution in [0, 0.1) is 0 Å². The van der Waals surface area contributed by atoms with E-state index in [1.165, 1.54) is 5.01 Å². The summed E-state index contributed by atoms with van der Waals surface area (Å²) < 4.78 is 0. The van der Waals surface area contributed by atoms with Gasteiger partial charge in [0, 0.05) is 5.11 Å². The maximum Gasteiger partial charge on any atom is 0.280 e. The molecule has 0 atom stereocenters. The highest BCUT2D eigenvalue weighted by Gasteiger charge is 2.13. The fraction of sp³-hybridized carbons (Fsp3) is 0.500. The van der Waals surface area contributed by atoms with E-state index in [0.29, 0.717) is 11.8 Å². The summed E-state index contributed by atoms with van der Waals surface area (Å²) >= 11 is 4.61. The first kappa shape index (κ1) is 4.61. The summed E-state index contributed by atoms with van der Waals surface area (Å²) in [5.74, 6) is 5.21. The molecular formula is C2H5N4S+. The first-order valence-electron chi connectivity index (χ1n) is 1.80. The summed E-state index contributed by atoms with van der Waals surface area (Å²) in [6.45, 7) is 0.527. The van der Waals surface area contributed by atoms with Gasteiger partial charge in [0.1, 0.15) is 0 Å². The Balaban J connectivity index is 2.62. The zero-order valence-electron chi connectivity index (χ0n) is 3.59. The van der Waals surface area contributed by atoms with Crippen molar-refractivity contribution < 1.29 is 5.11 Å². The fourth-order valence-electron chi connectivity index (χ4n) is 0.311. The third-order valence-electron chi connectivity index (χ3n) is 0.661. The second-order valence-corrected chi connectivity index (χ2v) is 1.55. The Labute approximate surface area is 46.0 Å². The number of hydrazine groups is 1. The van der Waals surface area contributed by atoms with Gasteiger partial charge in [0.15, 0.2) is 0 Å². The fourth-order valence-corrected chi connectivity index (χ4v) is 0.440. The van der Waals surface area contributed by atoms with Crippen LogP contribution >= 0.6 is 12.2 Å². The average Bonchev–Trinajstić information content (AvgIpc) is 1.91. The van der Waals surface area contributed by atoms with Crippen LogP contribution in [0.4, 0.5) is 0 Å². The van der Waals surface area contributed by atoms with Crippen molar-refractivity contribution in [3.8, 4) is 0 Å². The number of azo groups is 1. The summed E-state index contributed by atoms with van der Waals surface area (Å²) in [4.78, 5) is 0. The highest BCUT2D eigenvalue weighted by molar-refractivity contribution is 7.80. The zero-order chi connectivity index (χ0) is 5.28. The van der Waals surface area contributed by atoms with Gasteiger partial charge >= 0.3 is 0 Å². The molecule has 4 nitrogen and oxygen atoms in total. The quantitative estimate of drug-likeness (QED) is 0.284. The van der Waals surface area contributed by atoms with Crippen LogP contribution in [0.3, 0.4) is 0 Å². The molecule has 5 heteroatoms. The molecule has 3 N–H and O–H groups in total. The molecule has 0 aromatic rings. The van der Waals surface area contributed by atoms with E-state index in [1.807, 2.05) is 0 Å². The number of hydrogen-bond donors (Lipinski definition) is 2. The van der Waals surface area contributed by atoms with Gasteiger partial charge in [0.05, 0.1) is 0 Å². The lowest BCUT2D eigenvalue weighted by Gasteiger charge is -1.96. The van der Waals surface area contributed by atoms with Crippen molar-refractivity contribution in [2.24, 2.45) is 11.0 Å². The van der Waals surface area contributed by atoms with Crippen molar-refractivity contribution in [3.63, 3.8) is 0 Å². The van der Waals surface area contributed by atoms with Gasteiger partial charge in [0.2, 0.25) is 0 Å². The molecule has 1 aliphatic rings. The van der Waals surface area contributed by atoms with Crippen molar-refractivity contribution >= 4 is 17.3 Å². The van der Waals surface area contributed by atoms with Gasteiger partial charge in [-0.1, -0.05) is 0 Å². The molecule has 1 aliphatic heterocycles. The van der Waals surface area contributed by atoms with Gasteiger partial charge in [-0.15, -0.1) is 5.11 Å². The number of hydrogen-bond acceptors (Lipinski definition) is 2. The van der Waals surface area contributed by atoms with Crippen molar-refractivity contribution in [1.29, 1.82) is 0 Å². The molecule has 1 heterocycles. The lowest BCUT2D eigenvalue weighted by molar-refractivity contribution is -0.529. The molecular weight excluding hydrogens is 112 g/mol. The molecule has 38 valence electrons. The maximum atomic E-state index is 5.21. The topological polar surface area (TPSA) is 55.6 Å². The second-order valence-electron chi connectivity index (χ2n) is 1.18. The van der Waals surface area contributed by atoms with Crippen molar-refractivity contribution in [3.05, 3.63) is 0 Å². The highest BCUT2D eigenvalue weighted by Crippen LogP contribution is 1.81. The smallest absolute Gasteiger partial charge is 0.240 e. The van der Waals surface area contributed by atoms with Gasteiger partial charge in [-0.05, 0) is 12.2 Å². The maximum absolute atomic E-state index is 5.21. The molecule has 0 saturated heterocycles. The van der Waals surface area contributed by atoms with Crippen molar-refractivity contribution in [2.45, 2.75) is 0 Å². The van der Waals surface area contributed by atoms with E-state index in [1.54, 1.807) is 0 Å². The van der Waals surface area contributed by atoms with Gasteiger partial charge in [0.25, 0.3) is 11.8 Å². The summed E-state index contributed by atoms with van der Waals surface area (Å²) in [6, 6.07) is 0. The van der Waals surface area contributed by atoms with Crippen LogP contribution in [-0.4, -0.2) is 16.8 Å². The molecule has 0 saturated carbocycles. The van der Waals surface area contributed by atoms with Crippen LogP contribution < -0.4 is 11.0 Å². The van der Waals surface area contributed by atoms with Crippen LogP contribution in [0.15, 0.2) is 5.11 Å². The predicted molar refractivity (Wildman–Crippen MR) is 26.9 cm³/mol. The summed E-state index contributed by atoms with van der Waals surface area (Å²) in [5, 5.41) is 7.98. The Morgan fingerprint density at radius 1 is 2.00 bits per heavy atom. The van der Waals surface area contributed by atoms with Gasteiger partial charge in [-0.3, -0.25) is 0 Å². The van der Waals surface area contributed by atoms with Crippen molar-refractivity contribution in [1.82, 2.24) is 5.01 Å². The average molecular weight is 117 g/mol. The SMILES string of the molecule is NN1C[NH+]=NC1=S. The van der Waals surface area contributed by atoms with E-state index < -0.39 is 0 Å². The Morgan fingerprint density at radius 2 is 2.71 bits per heavy atom. The number of rotatable bonds is 0. The summed E-state index contributed by atoms with van der Waals surface area (Å²) in [6.07, 6.45) is 0. The van der Waals surface area contributed by atoms with Gasteiger partial charge < -0.3 is 0 Å². The minimum absolute atomic E-state index is 0.417.